The molecule has 0 unspecified atom stereocenters. The van der Waals surface area contributed by atoms with Crippen molar-refractivity contribution in [1.29, 1.82) is 0 Å². The number of benzene rings is 1. The Balaban J connectivity index is 2.43. The molecule has 1 N–H and O–H groups in total. The van der Waals surface area contributed by atoms with Crippen molar-refractivity contribution >= 4 is 35.0 Å². The fourth-order valence-electron chi connectivity index (χ4n) is 0.993. The Kier molecular flexibility index (Phi) is 1.98. The number of carbonyl (C=O) groups is 1. The Labute approximate surface area is 79.3 Å². The van der Waals surface area contributed by atoms with Gasteiger partial charge in [-0.25, -0.2) is 0 Å². The number of fused-ring (bicyclic) bond motifs is 1. The third-order valence-electron chi connectivity index (χ3n) is 1.51. The van der Waals surface area contributed by atoms with Crippen LogP contribution in [0.25, 0.3) is 0 Å². The number of rotatable bonds is 0. The summed E-state index contributed by atoms with van der Waals surface area (Å²) in [5.74, 6) is 0.496. The Morgan fingerprint density at radius 2 is 2.50 bits per heavy atom. The summed E-state index contributed by atoms with van der Waals surface area (Å²) >= 11 is 7.23. The molecule has 0 saturated carbocycles. The molecule has 2 rings (SSSR count). The van der Waals surface area contributed by atoms with Gasteiger partial charge < -0.3 is 5.32 Å². The van der Waals surface area contributed by atoms with Crippen molar-refractivity contribution < 1.29 is 4.79 Å². The van der Waals surface area contributed by atoms with Crippen molar-refractivity contribution in [2.24, 2.45) is 0 Å². The molecule has 0 atom stereocenters. The van der Waals surface area contributed by atoms with Gasteiger partial charge in [-0.2, -0.15) is 0 Å². The zero-order valence-electron chi connectivity index (χ0n) is 6.06. The minimum absolute atomic E-state index is 0.0308. The minimum Gasteiger partial charge on any atom is -0.324 e. The molecule has 0 bridgehead atoms. The summed E-state index contributed by atoms with van der Waals surface area (Å²) in [6, 6.07) is 6.32. The maximum absolute atomic E-state index is 10.9. The molecule has 0 saturated heterocycles. The van der Waals surface area contributed by atoms with Crippen LogP contribution in [0.5, 0.6) is 0 Å². The van der Waals surface area contributed by atoms with Crippen molar-refractivity contribution in [3.05, 3.63) is 23.2 Å². The summed E-state index contributed by atoms with van der Waals surface area (Å²) in [6.45, 7) is 0. The first kappa shape index (κ1) is 7.95. The van der Waals surface area contributed by atoms with E-state index >= 15 is 0 Å². The molecule has 0 fully saturated rings. The number of carbonyl (C=O) groups excluding carboxylic acids is 1. The lowest BCUT2D eigenvalue weighted by atomic mass is 10.3. The highest BCUT2D eigenvalue weighted by molar-refractivity contribution is 8.00. The van der Waals surface area contributed by atoms with Gasteiger partial charge in [0.25, 0.3) is 0 Å². The average Bonchev–Trinajstić information content (AvgIpc) is 2.05. The monoisotopic (exact) mass is 198 g/mol. The largest absolute Gasteiger partial charge is 0.324 e. The van der Waals surface area contributed by atoms with Gasteiger partial charge in [-0.3, -0.25) is 4.79 Å². The number of anilines is 1. The molecular formula is C8H5ClNOS. The van der Waals surface area contributed by atoms with Crippen LogP contribution in [0.15, 0.2) is 17.0 Å². The first-order chi connectivity index (χ1) is 5.75. The molecule has 2 nitrogen and oxygen atoms in total. The fraction of sp³-hybridized carbons (Fsp3) is 0.125. The van der Waals surface area contributed by atoms with E-state index in [0.717, 1.165) is 10.6 Å². The number of amides is 1. The number of hydrogen-bond acceptors (Lipinski definition) is 2. The molecule has 0 aromatic heterocycles. The standard InChI is InChI=1S/C8H5ClNOS/c9-5-1-2-6-7(3-5)12-4-8(11)10-6/h2-3H,4H2,(H,10,11). The van der Waals surface area contributed by atoms with Crippen LogP contribution in [0.4, 0.5) is 5.69 Å². The molecule has 0 spiro atoms. The van der Waals surface area contributed by atoms with E-state index in [2.05, 4.69) is 11.4 Å². The van der Waals surface area contributed by atoms with Crippen LogP contribution in [-0.2, 0) is 4.79 Å². The molecule has 4 heteroatoms. The average molecular weight is 199 g/mol. The van der Waals surface area contributed by atoms with Gasteiger partial charge in [0.2, 0.25) is 5.91 Å². The second-order valence-corrected chi connectivity index (χ2v) is 3.82. The van der Waals surface area contributed by atoms with E-state index in [9.17, 15) is 4.79 Å². The Bertz CT molecular complexity index is 340. The van der Waals surface area contributed by atoms with Crippen LogP contribution in [-0.4, -0.2) is 11.7 Å². The molecule has 1 heterocycles. The van der Waals surface area contributed by atoms with Crippen LogP contribution in [0.2, 0.25) is 5.02 Å². The van der Waals surface area contributed by atoms with Gasteiger partial charge in [0.1, 0.15) is 0 Å². The highest BCUT2D eigenvalue weighted by Crippen LogP contribution is 2.32. The van der Waals surface area contributed by atoms with Crippen molar-refractivity contribution in [3.63, 3.8) is 0 Å². The minimum atomic E-state index is 0.0308. The highest BCUT2D eigenvalue weighted by Gasteiger charge is 2.14. The lowest BCUT2D eigenvalue weighted by Gasteiger charge is -2.15. The molecule has 12 heavy (non-hydrogen) atoms. The van der Waals surface area contributed by atoms with Crippen LogP contribution in [0.1, 0.15) is 0 Å². The maximum Gasteiger partial charge on any atom is 0.234 e. The van der Waals surface area contributed by atoms with Crippen molar-refractivity contribution in [3.8, 4) is 0 Å². The van der Waals surface area contributed by atoms with Crippen molar-refractivity contribution in [2.45, 2.75) is 4.90 Å². The molecule has 1 aromatic rings. The van der Waals surface area contributed by atoms with E-state index in [0.29, 0.717) is 10.8 Å². The molecule has 1 aromatic carbocycles. The van der Waals surface area contributed by atoms with E-state index in [1.165, 1.54) is 11.8 Å². The SMILES string of the molecule is O=C1CSc2cc(Cl)[c]cc2N1. The van der Waals surface area contributed by atoms with E-state index in [1.54, 1.807) is 12.1 Å². The van der Waals surface area contributed by atoms with Gasteiger partial charge in [0, 0.05) is 16.0 Å². The summed E-state index contributed by atoms with van der Waals surface area (Å²) in [4.78, 5) is 11.9. The number of hydrogen-bond donors (Lipinski definition) is 1. The molecule has 1 radical (unpaired) electrons. The normalized spacial score (nSPS) is 15.2. The summed E-state index contributed by atoms with van der Waals surface area (Å²) in [5, 5.41) is 3.32. The second-order valence-electron chi connectivity index (χ2n) is 2.40. The van der Waals surface area contributed by atoms with E-state index in [1.807, 2.05) is 0 Å². The Morgan fingerprint density at radius 3 is 3.33 bits per heavy atom. The molecule has 1 amide bonds. The summed E-state index contributed by atoms with van der Waals surface area (Å²) in [5.41, 5.74) is 0.806. The maximum atomic E-state index is 10.9. The van der Waals surface area contributed by atoms with E-state index in [4.69, 9.17) is 11.6 Å². The van der Waals surface area contributed by atoms with Crippen LogP contribution in [0, 0.1) is 6.07 Å². The van der Waals surface area contributed by atoms with Gasteiger partial charge in [-0.05, 0) is 12.1 Å². The smallest absolute Gasteiger partial charge is 0.234 e. The number of thioether (sulfide) groups is 1. The third kappa shape index (κ3) is 1.42. The van der Waals surface area contributed by atoms with Crippen LogP contribution >= 0.6 is 23.4 Å². The van der Waals surface area contributed by atoms with Gasteiger partial charge in [-0.1, -0.05) is 11.6 Å². The Hall–Kier alpha value is -0.670. The lowest BCUT2D eigenvalue weighted by Crippen LogP contribution is -2.18. The fourth-order valence-corrected chi connectivity index (χ4v) is 2.05. The zero-order valence-corrected chi connectivity index (χ0v) is 7.63. The van der Waals surface area contributed by atoms with E-state index in [-0.39, 0.29) is 5.91 Å². The predicted molar refractivity (Wildman–Crippen MR) is 49.6 cm³/mol. The van der Waals surface area contributed by atoms with Crippen molar-refractivity contribution in [1.82, 2.24) is 0 Å². The lowest BCUT2D eigenvalue weighted by molar-refractivity contribution is -0.113. The predicted octanol–water partition coefficient (Wildman–Crippen LogP) is 2.18. The zero-order chi connectivity index (χ0) is 8.55. The summed E-state index contributed by atoms with van der Waals surface area (Å²) < 4.78 is 0. The summed E-state index contributed by atoms with van der Waals surface area (Å²) in [7, 11) is 0. The first-order valence-electron chi connectivity index (χ1n) is 3.39. The van der Waals surface area contributed by atoms with E-state index < -0.39 is 0 Å². The molecule has 0 aliphatic carbocycles. The Morgan fingerprint density at radius 1 is 1.67 bits per heavy atom. The quantitative estimate of drug-likeness (QED) is 0.693. The highest BCUT2D eigenvalue weighted by atomic mass is 35.5. The van der Waals surface area contributed by atoms with Gasteiger partial charge in [-0.15, -0.1) is 11.8 Å². The third-order valence-corrected chi connectivity index (χ3v) is 2.78. The second kappa shape index (κ2) is 2.99. The number of halogens is 1. The van der Waals surface area contributed by atoms with Gasteiger partial charge in [0.05, 0.1) is 11.4 Å². The van der Waals surface area contributed by atoms with Crippen LogP contribution < -0.4 is 5.32 Å². The molecular weight excluding hydrogens is 194 g/mol. The van der Waals surface area contributed by atoms with Crippen molar-refractivity contribution in [2.75, 3.05) is 11.1 Å². The molecule has 1 aliphatic rings. The number of nitrogens with one attached hydrogen (secondary N) is 1. The van der Waals surface area contributed by atoms with Crippen LogP contribution in [0.3, 0.4) is 0 Å². The van der Waals surface area contributed by atoms with Gasteiger partial charge >= 0.3 is 0 Å². The molecule has 61 valence electrons. The summed E-state index contributed by atoms with van der Waals surface area (Å²) in [6.07, 6.45) is 0. The first-order valence-corrected chi connectivity index (χ1v) is 4.76. The topological polar surface area (TPSA) is 29.1 Å². The molecule has 1 aliphatic heterocycles. The van der Waals surface area contributed by atoms with Gasteiger partial charge in [0.15, 0.2) is 0 Å².